The smallest absolute Gasteiger partial charge is 0.160 e. The van der Waals surface area contributed by atoms with E-state index in [1.807, 2.05) is 30.4 Å². The number of nitrogens with one attached hydrogen (secondary N) is 2. The van der Waals surface area contributed by atoms with Gasteiger partial charge < -0.3 is 14.8 Å². The molecule has 1 aromatic rings. The molecule has 1 atom stereocenters. The van der Waals surface area contributed by atoms with Crippen LogP contribution < -0.4 is 10.8 Å². The van der Waals surface area contributed by atoms with Crippen molar-refractivity contribution < 1.29 is 14.7 Å². The number of rotatable bonds is 5. The lowest BCUT2D eigenvalue weighted by atomic mass is 10.0. The van der Waals surface area contributed by atoms with Gasteiger partial charge in [-0.25, -0.2) is 0 Å². The van der Waals surface area contributed by atoms with Gasteiger partial charge in [0.15, 0.2) is 11.5 Å². The highest BCUT2D eigenvalue weighted by Crippen LogP contribution is 2.35. The summed E-state index contributed by atoms with van der Waals surface area (Å²) in [6.45, 7) is 0. The van der Waals surface area contributed by atoms with E-state index in [4.69, 9.17) is 14.7 Å². The van der Waals surface area contributed by atoms with E-state index in [2.05, 4.69) is 15.8 Å². The van der Waals surface area contributed by atoms with Crippen molar-refractivity contribution in [3.8, 4) is 0 Å². The van der Waals surface area contributed by atoms with Gasteiger partial charge in [-0.3, -0.25) is 15.7 Å². The molecule has 1 aromatic carbocycles. The first kappa shape index (κ1) is 15.5. The second kappa shape index (κ2) is 6.80. The van der Waals surface area contributed by atoms with Crippen LogP contribution in [0.2, 0.25) is 0 Å². The molecular formula is C16H17N3O3S. The van der Waals surface area contributed by atoms with Crippen LogP contribution in [0.15, 0.2) is 68.4 Å². The van der Waals surface area contributed by atoms with Crippen molar-refractivity contribution in [1.29, 1.82) is 0 Å². The van der Waals surface area contributed by atoms with E-state index in [9.17, 15) is 0 Å². The Morgan fingerprint density at radius 1 is 1.26 bits per heavy atom. The zero-order chi connectivity index (χ0) is 16.2. The average Bonchev–Trinajstić information content (AvgIpc) is 2.61. The van der Waals surface area contributed by atoms with E-state index in [0.717, 1.165) is 15.5 Å². The molecule has 1 aliphatic carbocycles. The second-order valence-electron chi connectivity index (χ2n) is 4.84. The zero-order valence-electron chi connectivity index (χ0n) is 12.7. The van der Waals surface area contributed by atoms with Crippen molar-refractivity contribution in [1.82, 2.24) is 5.32 Å². The fourth-order valence-corrected chi connectivity index (χ4v) is 3.34. The number of anilines is 1. The topological polar surface area (TPSA) is 75.1 Å². The first-order valence-corrected chi connectivity index (χ1v) is 7.79. The highest BCUT2D eigenvalue weighted by molar-refractivity contribution is 8.03. The molecule has 6 nitrogen and oxygen atoms in total. The van der Waals surface area contributed by atoms with E-state index in [1.54, 1.807) is 38.4 Å². The number of hydrogen-bond donors (Lipinski definition) is 3. The molecule has 3 rings (SSSR count). The summed E-state index contributed by atoms with van der Waals surface area (Å²) in [5.74, 6) is 1.35. The van der Waals surface area contributed by atoms with Gasteiger partial charge in [-0.15, -0.1) is 0 Å². The minimum Gasteiger partial charge on any atom is -0.493 e. The van der Waals surface area contributed by atoms with Gasteiger partial charge in [0.1, 0.15) is 6.04 Å². The Kier molecular flexibility index (Phi) is 4.59. The Labute approximate surface area is 138 Å². The molecule has 0 saturated carbocycles. The quantitative estimate of drug-likeness (QED) is 0.721. The molecule has 23 heavy (non-hydrogen) atoms. The van der Waals surface area contributed by atoms with E-state index in [1.165, 1.54) is 0 Å². The molecule has 1 heterocycles. The number of nitrogens with zero attached hydrogens (tertiary/aromatic N) is 1. The summed E-state index contributed by atoms with van der Waals surface area (Å²) in [4.78, 5) is 5.42. The monoisotopic (exact) mass is 331 g/mol. The SMILES string of the molecule is COC1=CC2=C(Sc3cccc(NO)c3)NC=NC2C=C1OC. The fourth-order valence-electron chi connectivity index (χ4n) is 2.36. The molecule has 0 spiro atoms. The summed E-state index contributed by atoms with van der Waals surface area (Å²) >= 11 is 1.56. The standard InChI is InChI=1S/C16H17N3O3S/c1-21-14-7-12-13(8-15(14)22-2)17-9-18-16(12)23-11-5-3-4-10(6-11)19-20/h3-9,13,19-20H,1-2H3,(H,17,18). The first-order valence-electron chi connectivity index (χ1n) is 6.97. The number of thioether (sulfide) groups is 1. The molecule has 1 aliphatic heterocycles. The zero-order valence-corrected chi connectivity index (χ0v) is 13.6. The summed E-state index contributed by atoms with van der Waals surface area (Å²) in [6, 6.07) is 7.40. The van der Waals surface area contributed by atoms with Crippen LogP contribution in [0.1, 0.15) is 0 Å². The van der Waals surface area contributed by atoms with Crippen LogP contribution >= 0.6 is 11.8 Å². The molecule has 7 heteroatoms. The van der Waals surface area contributed by atoms with Crippen LogP contribution in [-0.2, 0) is 9.47 Å². The maximum atomic E-state index is 9.02. The molecule has 1 unspecified atom stereocenters. The number of benzene rings is 1. The Morgan fingerprint density at radius 2 is 2.09 bits per heavy atom. The predicted molar refractivity (Wildman–Crippen MR) is 90.3 cm³/mol. The molecule has 120 valence electrons. The van der Waals surface area contributed by atoms with Gasteiger partial charge in [0.2, 0.25) is 0 Å². The van der Waals surface area contributed by atoms with Gasteiger partial charge >= 0.3 is 0 Å². The van der Waals surface area contributed by atoms with Crippen LogP contribution in [-0.4, -0.2) is 31.8 Å². The number of aliphatic imine (C=N–C) groups is 1. The van der Waals surface area contributed by atoms with E-state index < -0.39 is 0 Å². The minimum atomic E-state index is -0.105. The average molecular weight is 331 g/mol. The third kappa shape index (κ3) is 3.20. The van der Waals surface area contributed by atoms with Crippen molar-refractivity contribution in [2.75, 3.05) is 19.7 Å². The summed E-state index contributed by atoms with van der Waals surface area (Å²) in [5, 5.41) is 13.2. The predicted octanol–water partition coefficient (Wildman–Crippen LogP) is 2.87. The summed E-state index contributed by atoms with van der Waals surface area (Å²) in [6.07, 6.45) is 5.54. The molecule has 0 aromatic heterocycles. The lowest BCUT2D eigenvalue weighted by Gasteiger charge is -2.25. The molecule has 0 amide bonds. The minimum absolute atomic E-state index is 0.105. The Morgan fingerprint density at radius 3 is 2.83 bits per heavy atom. The molecule has 0 saturated heterocycles. The van der Waals surface area contributed by atoms with Gasteiger partial charge in [-0.2, -0.15) is 0 Å². The summed E-state index contributed by atoms with van der Waals surface area (Å²) < 4.78 is 10.7. The Balaban J connectivity index is 1.93. The fraction of sp³-hybridized carbons (Fsp3) is 0.188. The van der Waals surface area contributed by atoms with Gasteiger partial charge in [-0.05, 0) is 30.4 Å². The molecular weight excluding hydrogens is 314 g/mol. The second-order valence-corrected chi connectivity index (χ2v) is 5.93. The lowest BCUT2D eigenvalue weighted by Crippen LogP contribution is -2.25. The first-order chi connectivity index (χ1) is 11.2. The van der Waals surface area contributed by atoms with Gasteiger partial charge in [0, 0.05) is 10.5 Å². The maximum Gasteiger partial charge on any atom is 0.160 e. The van der Waals surface area contributed by atoms with Gasteiger partial charge in [-0.1, -0.05) is 17.8 Å². The van der Waals surface area contributed by atoms with Crippen molar-refractivity contribution >= 4 is 23.8 Å². The summed E-state index contributed by atoms with van der Waals surface area (Å²) in [7, 11) is 3.23. The van der Waals surface area contributed by atoms with E-state index in [0.29, 0.717) is 17.2 Å². The molecule has 0 radical (unpaired) electrons. The van der Waals surface area contributed by atoms with Crippen molar-refractivity contribution in [2.45, 2.75) is 10.9 Å². The molecule has 0 bridgehead atoms. The number of methoxy groups -OCH3 is 2. The summed E-state index contributed by atoms with van der Waals surface area (Å²) in [5.41, 5.74) is 3.81. The highest BCUT2D eigenvalue weighted by atomic mass is 32.2. The van der Waals surface area contributed by atoms with Crippen LogP contribution in [0.25, 0.3) is 0 Å². The number of fused-ring (bicyclic) bond motifs is 1. The normalized spacial score (nSPS) is 19.3. The van der Waals surface area contributed by atoms with Crippen LogP contribution in [0.3, 0.4) is 0 Å². The maximum absolute atomic E-state index is 9.02. The van der Waals surface area contributed by atoms with Crippen LogP contribution in [0, 0.1) is 0 Å². The molecule has 3 N–H and O–H groups in total. The lowest BCUT2D eigenvalue weighted by molar-refractivity contribution is 0.217. The van der Waals surface area contributed by atoms with E-state index in [-0.39, 0.29) is 6.04 Å². The van der Waals surface area contributed by atoms with Crippen LogP contribution in [0.4, 0.5) is 5.69 Å². The van der Waals surface area contributed by atoms with Crippen molar-refractivity contribution in [3.63, 3.8) is 0 Å². The van der Waals surface area contributed by atoms with Crippen LogP contribution in [0.5, 0.6) is 0 Å². The third-order valence-corrected chi connectivity index (χ3v) is 4.52. The third-order valence-electron chi connectivity index (χ3n) is 3.47. The molecule has 0 fully saturated rings. The number of hydrogen-bond acceptors (Lipinski definition) is 7. The molecule has 2 aliphatic rings. The Bertz CT molecular complexity index is 725. The highest BCUT2D eigenvalue weighted by Gasteiger charge is 2.25. The van der Waals surface area contributed by atoms with Crippen molar-refractivity contribution in [2.24, 2.45) is 4.99 Å². The van der Waals surface area contributed by atoms with Gasteiger partial charge in [0.05, 0.1) is 31.3 Å². The van der Waals surface area contributed by atoms with E-state index >= 15 is 0 Å². The number of ether oxygens (including phenoxy) is 2. The Hall–Kier alpha value is -2.38. The van der Waals surface area contributed by atoms with Gasteiger partial charge in [0.25, 0.3) is 0 Å². The largest absolute Gasteiger partial charge is 0.493 e. The van der Waals surface area contributed by atoms with Crippen molar-refractivity contribution in [3.05, 3.63) is 58.5 Å².